The number of hydrogen-bond donors (Lipinski definition) is 0. The van der Waals surface area contributed by atoms with Gasteiger partial charge in [0.15, 0.2) is 0 Å². The normalized spacial score (nSPS) is 21.7. The number of ether oxygens (including phenoxy) is 1. The van der Waals surface area contributed by atoms with Gasteiger partial charge in [0.2, 0.25) is 0 Å². The first-order valence-corrected chi connectivity index (χ1v) is 9.61. The van der Waals surface area contributed by atoms with E-state index < -0.39 is 0 Å². The molecule has 0 aromatic heterocycles. The number of allylic oxidation sites excluding steroid dienone is 2. The molecule has 0 unspecified atom stereocenters. The smallest absolute Gasteiger partial charge is 0.122 e. The van der Waals surface area contributed by atoms with Crippen LogP contribution in [0.15, 0.2) is 30.4 Å². The Bertz CT molecular complexity index is 481. The molecule has 1 saturated carbocycles. The molecule has 0 saturated heterocycles. The van der Waals surface area contributed by atoms with Crippen LogP contribution in [0.1, 0.15) is 82.3 Å². The average Bonchev–Trinajstić information content (AvgIpc) is 2.60. The molecule has 1 nitrogen and oxygen atoms in total. The van der Waals surface area contributed by atoms with E-state index in [2.05, 4.69) is 44.2 Å². The molecule has 1 fully saturated rings. The van der Waals surface area contributed by atoms with E-state index in [1.54, 1.807) is 7.11 Å². The fourth-order valence-electron chi connectivity index (χ4n) is 3.79. The summed E-state index contributed by atoms with van der Waals surface area (Å²) in [6.07, 6.45) is 16.3. The van der Waals surface area contributed by atoms with E-state index in [0.29, 0.717) is 0 Å². The van der Waals surface area contributed by atoms with Crippen LogP contribution in [0.2, 0.25) is 0 Å². The molecule has 0 radical (unpaired) electrons. The van der Waals surface area contributed by atoms with E-state index in [0.717, 1.165) is 24.0 Å². The van der Waals surface area contributed by atoms with Gasteiger partial charge in [-0.25, -0.2) is 0 Å². The van der Waals surface area contributed by atoms with Crippen LogP contribution in [-0.2, 0) is 6.42 Å². The molecule has 0 bridgehead atoms. The van der Waals surface area contributed by atoms with Crippen LogP contribution >= 0.6 is 0 Å². The summed E-state index contributed by atoms with van der Waals surface area (Å²) in [5.41, 5.74) is 2.95. The topological polar surface area (TPSA) is 9.23 Å². The Morgan fingerprint density at radius 3 is 2.52 bits per heavy atom. The summed E-state index contributed by atoms with van der Waals surface area (Å²) in [6, 6.07) is 6.93. The SMILES string of the molecule is CCC=CC1CCC(c2ccc(OC)c(CCCCC)c2)CC1. The Morgan fingerprint density at radius 1 is 1.09 bits per heavy atom. The van der Waals surface area contributed by atoms with Gasteiger partial charge in [-0.15, -0.1) is 0 Å². The molecule has 0 heterocycles. The standard InChI is InChI=1S/C22H34O/c1-4-6-8-10-21-17-20(15-16-22(21)23-3)19-13-11-18(12-14-19)9-7-5-2/h7,9,15-19H,4-6,8,10-14H2,1-3H3. The van der Waals surface area contributed by atoms with Crippen molar-refractivity contribution in [3.8, 4) is 5.75 Å². The first kappa shape index (κ1) is 18.1. The molecule has 2 rings (SSSR count). The second kappa shape index (κ2) is 9.80. The van der Waals surface area contributed by atoms with Gasteiger partial charge < -0.3 is 4.74 Å². The van der Waals surface area contributed by atoms with Crippen molar-refractivity contribution in [3.63, 3.8) is 0 Å². The quantitative estimate of drug-likeness (QED) is 0.384. The molecule has 1 aliphatic carbocycles. The van der Waals surface area contributed by atoms with E-state index in [1.807, 2.05) is 0 Å². The Balaban J connectivity index is 1.99. The summed E-state index contributed by atoms with van der Waals surface area (Å²) >= 11 is 0. The van der Waals surface area contributed by atoms with Gasteiger partial charge in [0, 0.05) is 0 Å². The van der Waals surface area contributed by atoms with Crippen LogP contribution in [-0.4, -0.2) is 7.11 Å². The Labute approximate surface area is 143 Å². The molecular formula is C22H34O. The van der Waals surface area contributed by atoms with Gasteiger partial charge in [-0.1, -0.05) is 51.0 Å². The van der Waals surface area contributed by atoms with Gasteiger partial charge in [0.25, 0.3) is 0 Å². The van der Waals surface area contributed by atoms with E-state index in [1.165, 1.54) is 62.5 Å². The lowest BCUT2D eigenvalue weighted by Crippen LogP contribution is -2.12. The highest BCUT2D eigenvalue weighted by Gasteiger charge is 2.21. The summed E-state index contributed by atoms with van der Waals surface area (Å²) in [6.45, 7) is 4.48. The van der Waals surface area contributed by atoms with Crippen molar-refractivity contribution in [2.75, 3.05) is 7.11 Å². The summed E-state index contributed by atoms with van der Waals surface area (Å²) in [4.78, 5) is 0. The van der Waals surface area contributed by atoms with E-state index >= 15 is 0 Å². The lowest BCUT2D eigenvalue weighted by Gasteiger charge is -2.27. The van der Waals surface area contributed by atoms with Gasteiger partial charge in [0.1, 0.15) is 5.75 Å². The summed E-state index contributed by atoms with van der Waals surface area (Å²) < 4.78 is 5.57. The zero-order chi connectivity index (χ0) is 16.5. The lowest BCUT2D eigenvalue weighted by molar-refractivity contribution is 0.374. The molecule has 0 atom stereocenters. The van der Waals surface area contributed by atoms with Crippen molar-refractivity contribution in [3.05, 3.63) is 41.5 Å². The molecule has 1 heteroatoms. The monoisotopic (exact) mass is 314 g/mol. The highest BCUT2D eigenvalue weighted by Crippen LogP contribution is 2.38. The Kier molecular flexibility index (Phi) is 7.71. The molecule has 0 N–H and O–H groups in total. The zero-order valence-electron chi connectivity index (χ0n) is 15.3. The average molecular weight is 315 g/mol. The van der Waals surface area contributed by atoms with Crippen molar-refractivity contribution < 1.29 is 4.74 Å². The van der Waals surface area contributed by atoms with Crippen molar-refractivity contribution in [1.29, 1.82) is 0 Å². The minimum absolute atomic E-state index is 0.747. The van der Waals surface area contributed by atoms with Crippen molar-refractivity contribution in [1.82, 2.24) is 0 Å². The minimum atomic E-state index is 0.747. The highest BCUT2D eigenvalue weighted by molar-refractivity contribution is 5.39. The maximum Gasteiger partial charge on any atom is 0.122 e. The van der Waals surface area contributed by atoms with Crippen LogP contribution in [0.25, 0.3) is 0 Å². The predicted molar refractivity (Wildman–Crippen MR) is 100 cm³/mol. The van der Waals surface area contributed by atoms with Crippen molar-refractivity contribution >= 4 is 0 Å². The summed E-state index contributed by atoms with van der Waals surface area (Å²) in [5.74, 6) is 2.63. The number of benzene rings is 1. The van der Waals surface area contributed by atoms with Crippen molar-refractivity contribution in [2.24, 2.45) is 5.92 Å². The Morgan fingerprint density at radius 2 is 1.87 bits per heavy atom. The second-order valence-electron chi connectivity index (χ2n) is 6.98. The molecule has 1 aromatic carbocycles. The number of hydrogen-bond acceptors (Lipinski definition) is 1. The molecule has 23 heavy (non-hydrogen) atoms. The highest BCUT2D eigenvalue weighted by atomic mass is 16.5. The third-order valence-electron chi connectivity index (χ3n) is 5.24. The van der Waals surface area contributed by atoms with Crippen LogP contribution in [0, 0.1) is 5.92 Å². The van der Waals surface area contributed by atoms with Gasteiger partial charge in [-0.05, 0) is 74.0 Å². The molecule has 0 amide bonds. The summed E-state index contributed by atoms with van der Waals surface area (Å²) in [5, 5.41) is 0. The molecule has 1 aliphatic rings. The number of aryl methyl sites for hydroxylation is 1. The number of unbranched alkanes of at least 4 members (excludes halogenated alkanes) is 2. The molecule has 0 aliphatic heterocycles. The van der Waals surface area contributed by atoms with Crippen LogP contribution in [0.3, 0.4) is 0 Å². The van der Waals surface area contributed by atoms with Gasteiger partial charge >= 0.3 is 0 Å². The largest absolute Gasteiger partial charge is 0.496 e. The first-order valence-electron chi connectivity index (χ1n) is 9.61. The lowest BCUT2D eigenvalue weighted by atomic mass is 9.78. The molecule has 0 spiro atoms. The molecule has 128 valence electrons. The van der Waals surface area contributed by atoms with Crippen LogP contribution in [0.5, 0.6) is 5.75 Å². The molecular weight excluding hydrogens is 280 g/mol. The second-order valence-corrected chi connectivity index (χ2v) is 6.98. The fourth-order valence-corrected chi connectivity index (χ4v) is 3.79. The van der Waals surface area contributed by atoms with Crippen LogP contribution < -0.4 is 4.74 Å². The maximum absolute atomic E-state index is 5.57. The van der Waals surface area contributed by atoms with Crippen molar-refractivity contribution in [2.45, 2.75) is 77.6 Å². The van der Waals surface area contributed by atoms with E-state index in [4.69, 9.17) is 4.74 Å². The third-order valence-corrected chi connectivity index (χ3v) is 5.24. The minimum Gasteiger partial charge on any atom is -0.496 e. The fraction of sp³-hybridized carbons (Fsp3) is 0.636. The maximum atomic E-state index is 5.57. The number of rotatable bonds is 8. The van der Waals surface area contributed by atoms with E-state index in [9.17, 15) is 0 Å². The van der Waals surface area contributed by atoms with E-state index in [-0.39, 0.29) is 0 Å². The number of methoxy groups -OCH3 is 1. The van der Waals surface area contributed by atoms with Gasteiger partial charge in [-0.2, -0.15) is 0 Å². The molecule has 1 aromatic rings. The van der Waals surface area contributed by atoms with Gasteiger partial charge in [-0.3, -0.25) is 0 Å². The van der Waals surface area contributed by atoms with Gasteiger partial charge in [0.05, 0.1) is 7.11 Å². The zero-order valence-corrected chi connectivity index (χ0v) is 15.3. The third kappa shape index (κ3) is 5.41. The summed E-state index contributed by atoms with van der Waals surface area (Å²) in [7, 11) is 1.80. The first-order chi connectivity index (χ1) is 11.3. The predicted octanol–water partition coefficient (Wildman–Crippen LogP) is 6.67. The van der Waals surface area contributed by atoms with Crippen LogP contribution in [0.4, 0.5) is 0 Å². The Hall–Kier alpha value is -1.24.